The Hall–Kier alpha value is -3.09. The van der Waals surface area contributed by atoms with E-state index in [1.165, 1.54) is 10.6 Å². The first kappa shape index (κ1) is 19.2. The van der Waals surface area contributed by atoms with Crippen molar-refractivity contribution in [3.8, 4) is 11.3 Å². The molecule has 4 rings (SSSR count). The number of H-pyrrole nitrogens is 1. The average Bonchev–Trinajstić information content (AvgIpc) is 3.05. The fourth-order valence-electron chi connectivity index (χ4n) is 4.67. The van der Waals surface area contributed by atoms with Crippen LogP contribution in [-0.2, 0) is 4.74 Å². The van der Waals surface area contributed by atoms with Gasteiger partial charge in [-0.05, 0) is 30.6 Å². The van der Waals surface area contributed by atoms with Crippen LogP contribution in [0.4, 0.5) is 5.82 Å². The molecule has 0 saturated heterocycles. The number of nitrogen functional groups attached to an aromatic ring is 1. The molecule has 2 unspecified atom stereocenters. The predicted molar refractivity (Wildman–Crippen MR) is 112 cm³/mol. The largest absolute Gasteiger partial charge is 0.458 e. The lowest BCUT2D eigenvalue weighted by molar-refractivity contribution is -0.0250. The SMILES string of the molecule is CC1CC(C)C(OC(=O)c2c(-c3ccccc3)[nH]n3c(=O)cc(N)nc23)C(C)C1. The Kier molecular flexibility index (Phi) is 4.90. The highest BCUT2D eigenvalue weighted by Crippen LogP contribution is 2.36. The van der Waals surface area contributed by atoms with Gasteiger partial charge in [-0.2, -0.15) is 0 Å². The zero-order valence-corrected chi connectivity index (χ0v) is 16.9. The fourth-order valence-corrected chi connectivity index (χ4v) is 4.67. The summed E-state index contributed by atoms with van der Waals surface area (Å²) in [6, 6.07) is 10.6. The summed E-state index contributed by atoms with van der Waals surface area (Å²) < 4.78 is 7.24. The number of hydrogen-bond acceptors (Lipinski definition) is 5. The van der Waals surface area contributed by atoms with Gasteiger partial charge in [-0.15, -0.1) is 0 Å². The standard InChI is InChI=1S/C22H26N4O3/c1-12-9-13(2)20(14(3)10-12)29-22(28)18-19(15-7-5-4-6-8-15)25-26-17(27)11-16(23)24-21(18)26/h4-8,11-14,20,25H,9-10,23H2,1-3H3. The van der Waals surface area contributed by atoms with Gasteiger partial charge in [0.1, 0.15) is 17.5 Å². The minimum atomic E-state index is -0.488. The molecule has 1 fully saturated rings. The van der Waals surface area contributed by atoms with E-state index in [1.807, 2.05) is 30.3 Å². The van der Waals surface area contributed by atoms with E-state index in [0.29, 0.717) is 11.6 Å². The summed E-state index contributed by atoms with van der Waals surface area (Å²) in [7, 11) is 0. The lowest BCUT2D eigenvalue weighted by Crippen LogP contribution is -2.37. The Morgan fingerprint density at radius 3 is 2.48 bits per heavy atom. The smallest absolute Gasteiger partial charge is 0.344 e. The van der Waals surface area contributed by atoms with E-state index in [1.54, 1.807) is 0 Å². The van der Waals surface area contributed by atoms with E-state index < -0.39 is 5.97 Å². The molecule has 0 bridgehead atoms. The first-order valence-corrected chi connectivity index (χ1v) is 10.0. The molecule has 1 saturated carbocycles. The van der Waals surface area contributed by atoms with E-state index in [9.17, 15) is 9.59 Å². The minimum absolute atomic E-state index is 0.0656. The lowest BCUT2D eigenvalue weighted by Gasteiger charge is -2.37. The molecule has 7 nitrogen and oxygen atoms in total. The van der Waals surface area contributed by atoms with E-state index in [0.717, 1.165) is 18.4 Å². The number of nitrogens with one attached hydrogen (secondary N) is 1. The monoisotopic (exact) mass is 394 g/mol. The second kappa shape index (κ2) is 7.39. The third-order valence-electron chi connectivity index (χ3n) is 5.82. The number of aromatic amines is 1. The van der Waals surface area contributed by atoms with Crippen molar-refractivity contribution in [2.45, 2.75) is 39.7 Å². The second-order valence-electron chi connectivity index (χ2n) is 8.31. The van der Waals surface area contributed by atoms with Gasteiger partial charge in [0.05, 0.1) is 5.69 Å². The van der Waals surface area contributed by atoms with Crippen molar-refractivity contribution in [3.63, 3.8) is 0 Å². The van der Waals surface area contributed by atoms with Crippen LogP contribution >= 0.6 is 0 Å². The molecule has 3 N–H and O–H groups in total. The molecule has 0 radical (unpaired) electrons. The van der Waals surface area contributed by atoms with Gasteiger partial charge < -0.3 is 10.5 Å². The number of aromatic nitrogens is 3. The molecule has 7 heteroatoms. The first-order chi connectivity index (χ1) is 13.8. The predicted octanol–water partition coefficient (Wildman–Crippen LogP) is 3.50. The number of carbonyl (C=O) groups is 1. The van der Waals surface area contributed by atoms with Crippen molar-refractivity contribution in [1.82, 2.24) is 14.6 Å². The Bertz CT molecular complexity index is 1090. The van der Waals surface area contributed by atoms with Gasteiger partial charge in [-0.25, -0.2) is 14.3 Å². The molecule has 1 aliphatic rings. The number of nitrogens with two attached hydrogens (primary N) is 1. The van der Waals surface area contributed by atoms with Crippen LogP contribution in [0.3, 0.4) is 0 Å². The van der Waals surface area contributed by atoms with Crippen LogP contribution < -0.4 is 11.3 Å². The van der Waals surface area contributed by atoms with E-state index in [-0.39, 0.29) is 40.5 Å². The molecule has 2 atom stereocenters. The molecule has 29 heavy (non-hydrogen) atoms. The zero-order chi connectivity index (χ0) is 20.7. The Morgan fingerprint density at radius 2 is 1.83 bits per heavy atom. The third kappa shape index (κ3) is 3.52. The third-order valence-corrected chi connectivity index (χ3v) is 5.82. The van der Waals surface area contributed by atoms with Gasteiger partial charge in [0.15, 0.2) is 5.65 Å². The van der Waals surface area contributed by atoms with Crippen LogP contribution in [0.15, 0.2) is 41.2 Å². The van der Waals surface area contributed by atoms with E-state index in [2.05, 4.69) is 30.9 Å². The Labute approximate surface area is 168 Å². The van der Waals surface area contributed by atoms with Crippen LogP contribution in [-0.4, -0.2) is 26.7 Å². The summed E-state index contributed by atoms with van der Waals surface area (Å²) in [4.78, 5) is 30.0. The van der Waals surface area contributed by atoms with Gasteiger partial charge in [0, 0.05) is 11.6 Å². The molecule has 2 heterocycles. The fraction of sp³-hybridized carbons (Fsp3) is 0.409. The van der Waals surface area contributed by atoms with Crippen LogP contribution in [0, 0.1) is 17.8 Å². The number of fused-ring (bicyclic) bond motifs is 1. The highest BCUT2D eigenvalue weighted by atomic mass is 16.5. The van der Waals surface area contributed by atoms with Crippen LogP contribution in [0.2, 0.25) is 0 Å². The number of ether oxygens (including phenoxy) is 1. The molecular formula is C22H26N4O3. The number of anilines is 1. The number of carbonyl (C=O) groups excluding carboxylic acids is 1. The molecule has 1 aliphatic carbocycles. The minimum Gasteiger partial charge on any atom is -0.458 e. The zero-order valence-electron chi connectivity index (χ0n) is 16.9. The first-order valence-electron chi connectivity index (χ1n) is 10.0. The Balaban J connectivity index is 1.81. The van der Waals surface area contributed by atoms with Gasteiger partial charge >= 0.3 is 5.97 Å². The van der Waals surface area contributed by atoms with E-state index >= 15 is 0 Å². The summed E-state index contributed by atoms with van der Waals surface area (Å²) in [6.07, 6.45) is 1.86. The van der Waals surface area contributed by atoms with Crippen molar-refractivity contribution >= 4 is 17.4 Å². The molecule has 0 aliphatic heterocycles. The van der Waals surface area contributed by atoms with Gasteiger partial charge in [-0.3, -0.25) is 9.89 Å². The number of rotatable bonds is 3. The molecular weight excluding hydrogens is 368 g/mol. The summed E-state index contributed by atoms with van der Waals surface area (Å²) in [5, 5.41) is 3.01. The molecule has 152 valence electrons. The highest BCUT2D eigenvalue weighted by Gasteiger charge is 2.35. The van der Waals surface area contributed by atoms with Crippen molar-refractivity contribution < 1.29 is 9.53 Å². The second-order valence-corrected chi connectivity index (χ2v) is 8.31. The molecule has 0 spiro atoms. The normalized spacial score (nSPS) is 24.5. The summed E-state index contributed by atoms with van der Waals surface area (Å²) >= 11 is 0. The van der Waals surface area contributed by atoms with Crippen LogP contribution in [0.1, 0.15) is 44.0 Å². The quantitative estimate of drug-likeness (QED) is 0.662. The topological polar surface area (TPSA) is 102 Å². The molecule has 2 aromatic heterocycles. The van der Waals surface area contributed by atoms with Gasteiger partial charge in [-0.1, -0.05) is 51.1 Å². The maximum absolute atomic E-state index is 13.3. The van der Waals surface area contributed by atoms with Crippen molar-refractivity contribution in [3.05, 3.63) is 52.3 Å². The molecule has 0 amide bonds. The van der Waals surface area contributed by atoms with Crippen molar-refractivity contribution in [2.24, 2.45) is 17.8 Å². The number of esters is 1. The number of hydrogen-bond donors (Lipinski definition) is 2. The highest BCUT2D eigenvalue weighted by molar-refractivity contribution is 6.02. The average molecular weight is 394 g/mol. The van der Waals surface area contributed by atoms with Crippen LogP contribution in [0.25, 0.3) is 16.9 Å². The van der Waals surface area contributed by atoms with Gasteiger partial charge in [0.2, 0.25) is 0 Å². The maximum atomic E-state index is 13.3. The van der Waals surface area contributed by atoms with Gasteiger partial charge in [0.25, 0.3) is 5.56 Å². The lowest BCUT2D eigenvalue weighted by atomic mass is 9.75. The summed E-state index contributed by atoms with van der Waals surface area (Å²) in [5.41, 5.74) is 7.10. The van der Waals surface area contributed by atoms with E-state index in [4.69, 9.17) is 10.5 Å². The van der Waals surface area contributed by atoms with Crippen molar-refractivity contribution in [1.29, 1.82) is 0 Å². The maximum Gasteiger partial charge on any atom is 0.344 e. The van der Waals surface area contributed by atoms with Crippen molar-refractivity contribution in [2.75, 3.05) is 5.73 Å². The molecule has 3 aromatic rings. The number of benzene rings is 1. The summed E-state index contributed by atoms with van der Waals surface area (Å²) in [6.45, 7) is 6.48. The Morgan fingerprint density at radius 1 is 1.17 bits per heavy atom. The van der Waals surface area contributed by atoms with Crippen LogP contribution in [0.5, 0.6) is 0 Å². The summed E-state index contributed by atoms with van der Waals surface area (Å²) in [5.74, 6) is 0.727. The number of nitrogens with zero attached hydrogens (tertiary/aromatic N) is 2. The molecule has 1 aromatic carbocycles.